The van der Waals surface area contributed by atoms with Gasteiger partial charge in [0.1, 0.15) is 0 Å². The van der Waals surface area contributed by atoms with Crippen molar-refractivity contribution in [2.45, 2.75) is 26.4 Å². The second kappa shape index (κ2) is 10.8. The lowest BCUT2D eigenvalue weighted by molar-refractivity contribution is -0.0295. The molecule has 0 saturated carbocycles. The highest BCUT2D eigenvalue weighted by molar-refractivity contribution is 5.74. The van der Waals surface area contributed by atoms with Crippen molar-refractivity contribution in [1.29, 1.82) is 0 Å². The number of amides is 2. The van der Waals surface area contributed by atoms with Gasteiger partial charge in [0.25, 0.3) is 0 Å². The van der Waals surface area contributed by atoms with E-state index in [9.17, 15) is 4.79 Å². The van der Waals surface area contributed by atoms with Crippen LogP contribution in [0.4, 0.5) is 4.79 Å². The summed E-state index contributed by atoms with van der Waals surface area (Å²) in [6, 6.07) is 10.7. The van der Waals surface area contributed by atoms with Crippen molar-refractivity contribution in [3.8, 4) is 0 Å². The van der Waals surface area contributed by atoms with Gasteiger partial charge in [0.05, 0.1) is 12.7 Å². The van der Waals surface area contributed by atoms with Gasteiger partial charge in [0, 0.05) is 58.9 Å². The van der Waals surface area contributed by atoms with Crippen molar-refractivity contribution >= 4 is 6.03 Å². The van der Waals surface area contributed by atoms with Gasteiger partial charge >= 0.3 is 6.03 Å². The molecule has 3 rings (SSSR count). The number of nitrogens with zero attached hydrogens (tertiary/aromatic N) is 3. The van der Waals surface area contributed by atoms with Crippen LogP contribution < -0.4 is 5.32 Å². The fourth-order valence-corrected chi connectivity index (χ4v) is 4.01. The van der Waals surface area contributed by atoms with E-state index < -0.39 is 0 Å². The maximum Gasteiger partial charge on any atom is 0.317 e. The Kier molecular flexibility index (Phi) is 8.13. The second-order valence-corrected chi connectivity index (χ2v) is 8.40. The van der Waals surface area contributed by atoms with Crippen molar-refractivity contribution in [1.82, 2.24) is 20.0 Å². The predicted octanol–water partition coefficient (Wildman–Crippen LogP) is 1.91. The van der Waals surface area contributed by atoms with Gasteiger partial charge in [-0.2, -0.15) is 0 Å². The quantitative estimate of drug-likeness (QED) is 0.775. The summed E-state index contributed by atoms with van der Waals surface area (Å²) in [5, 5.41) is 3.09. The number of benzene rings is 1. The Hall–Kier alpha value is -1.63. The van der Waals surface area contributed by atoms with Gasteiger partial charge in [-0.3, -0.25) is 9.80 Å². The zero-order valence-electron chi connectivity index (χ0n) is 17.5. The van der Waals surface area contributed by atoms with Crippen LogP contribution in [0.1, 0.15) is 19.4 Å². The van der Waals surface area contributed by atoms with Crippen LogP contribution in [0.3, 0.4) is 0 Å². The van der Waals surface area contributed by atoms with Crippen molar-refractivity contribution in [2.24, 2.45) is 5.92 Å². The minimum absolute atomic E-state index is 0.0484. The van der Waals surface area contributed by atoms with Crippen LogP contribution in [0.5, 0.6) is 0 Å². The second-order valence-electron chi connectivity index (χ2n) is 8.40. The number of piperazine rings is 1. The van der Waals surface area contributed by atoms with E-state index in [0.29, 0.717) is 12.5 Å². The van der Waals surface area contributed by atoms with E-state index in [1.807, 2.05) is 4.90 Å². The molecule has 28 heavy (non-hydrogen) atoms. The van der Waals surface area contributed by atoms with Gasteiger partial charge in [-0.05, 0) is 17.9 Å². The molecule has 1 N–H and O–H groups in total. The number of hydrogen-bond acceptors (Lipinski definition) is 4. The fraction of sp³-hybridized carbons (Fsp3) is 0.682. The summed E-state index contributed by atoms with van der Waals surface area (Å²) in [7, 11) is 0. The summed E-state index contributed by atoms with van der Waals surface area (Å²) in [5.74, 6) is 0.659. The number of ether oxygens (including phenoxy) is 1. The average Bonchev–Trinajstić information content (AvgIpc) is 2.71. The molecule has 0 radical (unpaired) electrons. The summed E-state index contributed by atoms with van der Waals surface area (Å²) in [6.45, 7) is 13.4. The summed E-state index contributed by atoms with van der Waals surface area (Å²) in [4.78, 5) is 19.3. The minimum Gasteiger partial charge on any atom is -0.374 e. The third-order valence-electron chi connectivity index (χ3n) is 5.55. The first-order chi connectivity index (χ1) is 13.6. The number of carbonyl (C=O) groups excluding carboxylic acids is 1. The molecule has 2 aliphatic heterocycles. The van der Waals surface area contributed by atoms with E-state index in [4.69, 9.17) is 4.74 Å². The minimum atomic E-state index is 0.0484. The lowest BCUT2D eigenvalue weighted by Gasteiger charge is -2.36. The molecular weight excluding hydrogens is 352 g/mol. The van der Waals surface area contributed by atoms with E-state index >= 15 is 0 Å². The summed E-state index contributed by atoms with van der Waals surface area (Å²) in [6.07, 6.45) is 1.17. The molecule has 0 aromatic heterocycles. The van der Waals surface area contributed by atoms with Gasteiger partial charge in [-0.1, -0.05) is 44.2 Å². The average molecular weight is 389 g/mol. The maximum absolute atomic E-state index is 12.5. The van der Waals surface area contributed by atoms with Crippen LogP contribution in [-0.4, -0.2) is 92.3 Å². The lowest BCUT2D eigenvalue weighted by atomic mass is 10.1. The van der Waals surface area contributed by atoms with Gasteiger partial charge in [0.2, 0.25) is 0 Å². The van der Waals surface area contributed by atoms with E-state index in [1.165, 1.54) is 5.56 Å². The zero-order valence-corrected chi connectivity index (χ0v) is 17.5. The molecule has 1 atom stereocenters. The molecule has 0 spiro atoms. The molecule has 1 unspecified atom stereocenters. The summed E-state index contributed by atoms with van der Waals surface area (Å²) in [5.41, 5.74) is 1.38. The molecule has 0 bridgehead atoms. The van der Waals surface area contributed by atoms with Crippen LogP contribution in [0, 0.1) is 5.92 Å². The van der Waals surface area contributed by atoms with Crippen LogP contribution in [0.25, 0.3) is 0 Å². The first-order valence-corrected chi connectivity index (χ1v) is 10.7. The molecule has 2 amide bonds. The molecule has 1 aromatic rings. The number of urea groups is 1. The Morgan fingerprint density at radius 2 is 1.86 bits per heavy atom. The van der Waals surface area contributed by atoms with E-state index in [1.54, 1.807) is 0 Å². The number of morpholine rings is 1. The summed E-state index contributed by atoms with van der Waals surface area (Å²) < 4.78 is 5.84. The fourth-order valence-electron chi connectivity index (χ4n) is 4.01. The highest BCUT2D eigenvalue weighted by atomic mass is 16.5. The Morgan fingerprint density at radius 3 is 2.57 bits per heavy atom. The van der Waals surface area contributed by atoms with Crippen LogP contribution in [0.2, 0.25) is 0 Å². The lowest BCUT2D eigenvalue weighted by Crippen LogP contribution is -2.54. The molecular formula is C22H36N4O2. The van der Waals surface area contributed by atoms with E-state index in [-0.39, 0.29) is 12.1 Å². The van der Waals surface area contributed by atoms with Crippen molar-refractivity contribution in [3.05, 3.63) is 35.9 Å². The van der Waals surface area contributed by atoms with Gasteiger partial charge in [-0.15, -0.1) is 0 Å². The molecule has 1 aromatic carbocycles. The molecule has 0 aliphatic carbocycles. The molecule has 6 nitrogen and oxygen atoms in total. The highest BCUT2D eigenvalue weighted by Gasteiger charge is 2.24. The number of nitrogens with one attached hydrogen (secondary N) is 1. The Bertz CT molecular complexity index is 587. The van der Waals surface area contributed by atoms with Crippen LogP contribution >= 0.6 is 0 Å². The maximum atomic E-state index is 12.5. The first-order valence-electron chi connectivity index (χ1n) is 10.7. The molecule has 6 heteroatoms. The standard InChI is InChI=1S/C22H36N4O2/c1-19(2)17-25-14-15-28-21(18-25)16-23-22(27)26-12-10-24(11-13-26)9-8-20-6-4-3-5-7-20/h3-7,19,21H,8-18H2,1-2H3,(H,23,27). The summed E-state index contributed by atoms with van der Waals surface area (Å²) >= 11 is 0. The Balaban J connectivity index is 1.32. The largest absolute Gasteiger partial charge is 0.374 e. The smallest absolute Gasteiger partial charge is 0.317 e. The first kappa shape index (κ1) is 21.1. The number of rotatable bonds is 7. The van der Waals surface area contributed by atoms with Crippen LogP contribution in [0.15, 0.2) is 30.3 Å². The monoisotopic (exact) mass is 388 g/mol. The zero-order chi connectivity index (χ0) is 19.8. The molecule has 2 aliphatic rings. The van der Waals surface area contributed by atoms with E-state index in [0.717, 1.165) is 65.4 Å². The Labute approximate surface area is 169 Å². The Morgan fingerprint density at radius 1 is 1.11 bits per heavy atom. The SMILES string of the molecule is CC(C)CN1CCOC(CNC(=O)N2CCN(CCc3ccccc3)CC2)C1. The number of hydrogen-bond donors (Lipinski definition) is 1. The molecule has 2 fully saturated rings. The molecule has 156 valence electrons. The normalized spacial score (nSPS) is 21.8. The molecule has 2 saturated heterocycles. The van der Waals surface area contributed by atoms with E-state index in [2.05, 4.69) is 59.3 Å². The predicted molar refractivity (Wildman–Crippen MR) is 113 cm³/mol. The van der Waals surface area contributed by atoms with Gasteiger partial charge in [0.15, 0.2) is 0 Å². The van der Waals surface area contributed by atoms with Crippen LogP contribution in [-0.2, 0) is 11.2 Å². The third-order valence-corrected chi connectivity index (χ3v) is 5.55. The number of carbonyl (C=O) groups is 1. The van der Waals surface area contributed by atoms with Crippen molar-refractivity contribution in [2.75, 3.05) is 65.5 Å². The van der Waals surface area contributed by atoms with Crippen molar-refractivity contribution < 1.29 is 9.53 Å². The third kappa shape index (κ3) is 6.76. The van der Waals surface area contributed by atoms with Gasteiger partial charge in [-0.25, -0.2) is 4.79 Å². The molecule has 2 heterocycles. The van der Waals surface area contributed by atoms with Crippen molar-refractivity contribution in [3.63, 3.8) is 0 Å². The van der Waals surface area contributed by atoms with Gasteiger partial charge < -0.3 is 15.0 Å². The topological polar surface area (TPSA) is 48.1 Å². The highest BCUT2D eigenvalue weighted by Crippen LogP contribution is 2.09.